The van der Waals surface area contributed by atoms with Crippen LogP contribution in [0.1, 0.15) is 19.8 Å². The van der Waals surface area contributed by atoms with Crippen LogP contribution in [0.2, 0.25) is 5.32 Å². The molecule has 0 bridgehead atoms. The Kier molecular flexibility index (Phi) is 11.2. The molecule has 3 nitrogen and oxygen atoms in total. The van der Waals surface area contributed by atoms with E-state index in [1.165, 1.54) is 10.7 Å². The average Bonchev–Trinajstić information content (AvgIpc) is 3.27. The van der Waals surface area contributed by atoms with Crippen molar-refractivity contribution in [2.45, 2.75) is 37.2 Å². The van der Waals surface area contributed by atoms with Crippen LogP contribution in [0.3, 0.4) is 0 Å². The van der Waals surface area contributed by atoms with Gasteiger partial charge in [0.15, 0.2) is 0 Å². The molecule has 0 unspecified atom stereocenters. The molecule has 3 fully saturated rings. The summed E-state index contributed by atoms with van der Waals surface area (Å²) in [6.45, 7) is 2.23. The number of rotatable bonds is 5. The molecule has 3 rings (SSSR count). The third-order valence-electron chi connectivity index (χ3n) is 3.98. The topological polar surface area (TPSA) is 29.5 Å². The first kappa shape index (κ1) is 22.5. The number of nitrogens with zero attached hydrogens (tertiary/aromatic N) is 1. The molecule has 5 heteroatoms. The standard InChI is InChI=1S/C14H20NO2Se.C5H5.Fe/c1-10(15(2)3)12-5-4-6-13(12)18-9-11-7-8-14(16)17-11;1-2-4-5-3-1;/h4-6,10-11H,7-9H2,1-3H3;1-5H;/q;;+2/t10-,11-;;/m1../s1. The summed E-state index contributed by atoms with van der Waals surface area (Å²) in [5.74, 6) is 1.39. The monoisotopic (exact) mass is 435 g/mol. The van der Waals surface area contributed by atoms with Crippen molar-refractivity contribution in [1.82, 2.24) is 4.90 Å². The second-order valence-electron chi connectivity index (χ2n) is 5.91. The van der Waals surface area contributed by atoms with E-state index in [1.807, 2.05) is 32.1 Å². The van der Waals surface area contributed by atoms with Gasteiger partial charge in [-0.25, -0.2) is 0 Å². The maximum atomic E-state index is 11.1. The van der Waals surface area contributed by atoms with Crippen LogP contribution in [0.25, 0.3) is 0 Å². The van der Waals surface area contributed by atoms with Crippen molar-refractivity contribution in [3.05, 3.63) is 62.1 Å². The Hall–Kier alpha value is 0.469. The van der Waals surface area contributed by atoms with Crippen LogP contribution < -0.4 is 0 Å². The zero-order valence-corrected chi connectivity index (χ0v) is 17.2. The molecule has 0 aromatic carbocycles. The van der Waals surface area contributed by atoms with E-state index in [4.69, 9.17) is 4.74 Å². The maximum Gasteiger partial charge on any atom is 2.00 e. The van der Waals surface area contributed by atoms with E-state index in [-0.39, 0.29) is 29.1 Å². The molecule has 130 valence electrons. The molecule has 2 aliphatic carbocycles. The van der Waals surface area contributed by atoms with Gasteiger partial charge in [0.2, 0.25) is 0 Å². The van der Waals surface area contributed by atoms with Crippen LogP contribution >= 0.6 is 0 Å². The second-order valence-corrected chi connectivity index (χ2v) is 8.14. The predicted octanol–water partition coefficient (Wildman–Crippen LogP) is 2.52. The molecule has 0 N–H and O–H groups in total. The summed E-state index contributed by atoms with van der Waals surface area (Å²) in [6.07, 6.45) is 18.2. The summed E-state index contributed by atoms with van der Waals surface area (Å²) in [5.41, 5.74) is 0. The van der Waals surface area contributed by atoms with E-state index in [1.54, 1.807) is 0 Å². The fourth-order valence-corrected chi connectivity index (χ4v) is 4.85. The Balaban J connectivity index is 0.000000412. The summed E-state index contributed by atoms with van der Waals surface area (Å²) in [7, 11) is 4.21. The van der Waals surface area contributed by atoms with Crippen LogP contribution in [0.15, 0.2) is 0 Å². The molecule has 24 heavy (non-hydrogen) atoms. The van der Waals surface area contributed by atoms with E-state index >= 15 is 0 Å². The number of esters is 1. The SMILES string of the molecule is C[C@H]([C]1[CH][CH][CH][C]1[Se]C[C@H]1CCC(=O)O1)N(C)C.[CH]1[CH][CH][CH][CH]1.[Fe+2]. The Morgan fingerprint density at radius 1 is 1.17 bits per heavy atom. The number of hydrogen-bond acceptors (Lipinski definition) is 3. The third-order valence-corrected chi connectivity index (χ3v) is 6.54. The first-order valence-corrected chi connectivity index (χ1v) is 10.1. The first-order chi connectivity index (χ1) is 11.1. The summed E-state index contributed by atoms with van der Waals surface area (Å²) < 4.78 is 5.27. The van der Waals surface area contributed by atoms with Gasteiger partial charge in [-0.2, -0.15) is 0 Å². The maximum absolute atomic E-state index is 11.1. The van der Waals surface area contributed by atoms with Crippen molar-refractivity contribution in [3.63, 3.8) is 0 Å². The normalized spacial score (nSPS) is 26.0. The van der Waals surface area contributed by atoms with E-state index in [2.05, 4.69) is 45.2 Å². The summed E-state index contributed by atoms with van der Waals surface area (Å²) in [5, 5.41) is 1.01. The second kappa shape index (κ2) is 12.0. The molecule has 10 radical (unpaired) electrons. The Morgan fingerprint density at radius 3 is 2.29 bits per heavy atom. The molecule has 0 amide bonds. The molecule has 0 aromatic rings. The Bertz CT molecular complexity index is 356. The van der Waals surface area contributed by atoms with Crippen molar-refractivity contribution < 1.29 is 26.6 Å². The fourth-order valence-electron chi connectivity index (χ4n) is 2.38. The van der Waals surface area contributed by atoms with Gasteiger partial charge in [-0.1, -0.05) is 0 Å². The van der Waals surface area contributed by atoms with Gasteiger partial charge in [0, 0.05) is 0 Å². The molecule has 0 spiro atoms. The number of carbonyl (C=O) groups is 1. The smallest absolute Gasteiger partial charge is 0.0312 e. The minimum absolute atomic E-state index is 0. The Labute approximate surface area is 165 Å². The van der Waals surface area contributed by atoms with E-state index in [0.717, 1.165) is 11.7 Å². The molecule has 2 atom stereocenters. The van der Waals surface area contributed by atoms with Crippen molar-refractivity contribution >= 4 is 20.9 Å². The number of ether oxygens (including phenoxy) is 1. The van der Waals surface area contributed by atoms with Gasteiger partial charge in [-0.15, -0.1) is 0 Å². The molecule has 1 saturated heterocycles. The van der Waals surface area contributed by atoms with Crippen molar-refractivity contribution in [2.75, 3.05) is 14.1 Å². The van der Waals surface area contributed by atoms with E-state index in [0.29, 0.717) is 27.4 Å². The molecule has 1 heterocycles. The fraction of sp³-hybridized carbons (Fsp3) is 0.421. The summed E-state index contributed by atoms with van der Waals surface area (Å²) in [4.78, 5) is 14.7. The molecular formula is C19H25FeNO2Se+2. The minimum atomic E-state index is -0.0276. The zero-order valence-electron chi connectivity index (χ0n) is 14.4. The van der Waals surface area contributed by atoms with E-state index < -0.39 is 0 Å². The first-order valence-electron chi connectivity index (χ1n) is 7.99. The van der Waals surface area contributed by atoms with Crippen LogP contribution in [0, 0.1) is 62.1 Å². The van der Waals surface area contributed by atoms with Gasteiger partial charge >= 0.3 is 134 Å². The number of hydrogen-bond donors (Lipinski definition) is 0. The largest absolute Gasteiger partial charge is 2.00 e. The van der Waals surface area contributed by atoms with Crippen LogP contribution in [0.4, 0.5) is 0 Å². The van der Waals surface area contributed by atoms with Crippen LogP contribution in [-0.4, -0.2) is 52.1 Å². The van der Waals surface area contributed by atoms with Crippen LogP contribution in [-0.2, 0) is 26.6 Å². The predicted molar refractivity (Wildman–Crippen MR) is 93.7 cm³/mol. The molecular weight excluding hydrogens is 409 g/mol. The van der Waals surface area contributed by atoms with Gasteiger partial charge in [0.25, 0.3) is 0 Å². The number of carbonyl (C=O) groups excluding carboxylic acids is 1. The van der Waals surface area contributed by atoms with Gasteiger partial charge in [-0.3, -0.25) is 0 Å². The summed E-state index contributed by atoms with van der Waals surface area (Å²) >= 11 is 0.401. The molecule has 1 aliphatic heterocycles. The Morgan fingerprint density at radius 2 is 1.79 bits per heavy atom. The average molecular weight is 434 g/mol. The van der Waals surface area contributed by atoms with Crippen LogP contribution in [0.5, 0.6) is 0 Å². The zero-order chi connectivity index (χ0) is 16.7. The minimum Gasteiger partial charge on any atom is -0.0312 e. The summed E-state index contributed by atoms with van der Waals surface area (Å²) in [6, 6.07) is 0.447. The van der Waals surface area contributed by atoms with Gasteiger partial charge < -0.3 is 0 Å². The molecule has 0 aromatic heterocycles. The van der Waals surface area contributed by atoms with Gasteiger partial charge in [0.05, 0.1) is 0 Å². The van der Waals surface area contributed by atoms with Crippen molar-refractivity contribution in [3.8, 4) is 0 Å². The van der Waals surface area contributed by atoms with E-state index in [9.17, 15) is 4.79 Å². The third kappa shape index (κ3) is 7.38. The van der Waals surface area contributed by atoms with Gasteiger partial charge in [0.1, 0.15) is 0 Å². The quantitative estimate of drug-likeness (QED) is 0.492. The van der Waals surface area contributed by atoms with Crippen molar-refractivity contribution in [1.29, 1.82) is 0 Å². The molecule has 3 aliphatic rings. The van der Waals surface area contributed by atoms with Gasteiger partial charge in [-0.05, 0) is 32.1 Å². The van der Waals surface area contributed by atoms with Crippen molar-refractivity contribution in [2.24, 2.45) is 0 Å². The number of cyclic esters (lactones) is 1. The molecule has 2 saturated carbocycles.